The maximum atomic E-state index is 12.0. The van der Waals surface area contributed by atoms with E-state index in [4.69, 9.17) is 9.31 Å². The first-order valence-corrected chi connectivity index (χ1v) is 7.91. The summed E-state index contributed by atoms with van der Waals surface area (Å²) >= 11 is 0. The fourth-order valence-electron chi connectivity index (χ4n) is 2.54. The molecule has 1 saturated heterocycles. The topological polar surface area (TPSA) is 60.5 Å². The van der Waals surface area contributed by atoms with Crippen LogP contribution >= 0.6 is 0 Å². The number of aromatic nitrogens is 1. The Labute approximate surface area is 131 Å². The van der Waals surface area contributed by atoms with E-state index < -0.39 is 7.12 Å². The Bertz CT molecular complexity index is 569. The van der Waals surface area contributed by atoms with E-state index in [1.807, 2.05) is 39.8 Å². The van der Waals surface area contributed by atoms with Gasteiger partial charge >= 0.3 is 7.12 Å². The summed E-state index contributed by atoms with van der Waals surface area (Å²) in [5.74, 6) is 0.760. The van der Waals surface area contributed by atoms with Crippen molar-refractivity contribution in [1.29, 1.82) is 0 Å². The lowest BCUT2D eigenvalue weighted by Crippen LogP contribution is -2.41. The molecule has 0 radical (unpaired) electrons. The first kappa shape index (κ1) is 15.5. The molecule has 1 N–H and O–H groups in total. The Morgan fingerprint density at radius 1 is 1.27 bits per heavy atom. The van der Waals surface area contributed by atoms with E-state index >= 15 is 0 Å². The number of hydrogen-bond acceptors (Lipinski definition) is 4. The molecule has 0 bridgehead atoms. The van der Waals surface area contributed by atoms with Gasteiger partial charge in [-0.3, -0.25) is 4.79 Å². The van der Waals surface area contributed by atoms with Crippen LogP contribution in [0.2, 0.25) is 0 Å². The standard InChI is InChI=1S/C16H23BN2O3/c1-15(2)16(3,4)22-17(21-15)12-8-9-18-13(10-12)19-14(20)11-6-5-7-11/h8-11H,5-7H2,1-4H3,(H,18,19,20). The molecule has 5 nitrogen and oxygen atoms in total. The molecule has 2 fully saturated rings. The Hall–Kier alpha value is -1.40. The molecule has 1 aliphatic carbocycles. The van der Waals surface area contributed by atoms with Crippen molar-refractivity contribution in [3.63, 3.8) is 0 Å². The van der Waals surface area contributed by atoms with Gasteiger partial charge in [-0.2, -0.15) is 0 Å². The molecule has 0 aromatic carbocycles. The van der Waals surface area contributed by atoms with Gasteiger partial charge in [-0.25, -0.2) is 4.98 Å². The molecule has 0 spiro atoms. The lowest BCUT2D eigenvalue weighted by atomic mass is 9.79. The minimum absolute atomic E-state index is 0.0600. The summed E-state index contributed by atoms with van der Waals surface area (Å²) < 4.78 is 12.1. The van der Waals surface area contributed by atoms with Gasteiger partial charge in [0.15, 0.2) is 0 Å². The predicted octanol–water partition coefficient (Wildman–Crippen LogP) is 2.12. The van der Waals surface area contributed by atoms with Crippen LogP contribution in [0.1, 0.15) is 47.0 Å². The van der Waals surface area contributed by atoms with E-state index in [9.17, 15) is 4.79 Å². The number of rotatable bonds is 3. The third-order valence-electron chi connectivity index (χ3n) is 5.04. The van der Waals surface area contributed by atoms with E-state index in [1.165, 1.54) is 0 Å². The zero-order valence-electron chi connectivity index (χ0n) is 13.7. The van der Waals surface area contributed by atoms with Crippen LogP contribution in [0.5, 0.6) is 0 Å². The number of nitrogens with zero attached hydrogens (tertiary/aromatic N) is 1. The molecule has 1 aromatic rings. The quantitative estimate of drug-likeness (QED) is 0.869. The summed E-state index contributed by atoms with van der Waals surface area (Å²) in [5, 5.41) is 2.89. The molecular weight excluding hydrogens is 279 g/mol. The van der Waals surface area contributed by atoms with E-state index in [-0.39, 0.29) is 23.0 Å². The van der Waals surface area contributed by atoms with Crippen molar-refractivity contribution in [2.24, 2.45) is 5.92 Å². The van der Waals surface area contributed by atoms with Gasteiger partial charge in [0.05, 0.1) is 11.2 Å². The lowest BCUT2D eigenvalue weighted by molar-refractivity contribution is -0.122. The Morgan fingerprint density at radius 2 is 1.91 bits per heavy atom. The van der Waals surface area contributed by atoms with E-state index in [2.05, 4.69) is 10.3 Å². The molecule has 0 unspecified atom stereocenters. The second-order valence-electron chi connectivity index (χ2n) is 7.18. The second kappa shape index (κ2) is 5.35. The SMILES string of the molecule is CC1(C)OB(c2ccnc(NC(=O)C3CCC3)c2)OC1(C)C. The summed E-state index contributed by atoms with van der Waals surface area (Å²) in [5.41, 5.74) is 0.115. The van der Waals surface area contributed by atoms with Crippen molar-refractivity contribution in [2.75, 3.05) is 5.32 Å². The predicted molar refractivity (Wildman–Crippen MR) is 85.9 cm³/mol. The maximum Gasteiger partial charge on any atom is 0.495 e. The molecule has 1 aromatic heterocycles. The Balaban J connectivity index is 1.73. The highest BCUT2D eigenvalue weighted by Crippen LogP contribution is 2.36. The van der Waals surface area contributed by atoms with Gasteiger partial charge in [0.1, 0.15) is 5.82 Å². The average Bonchev–Trinajstić information content (AvgIpc) is 2.56. The van der Waals surface area contributed by atoms with Crippen LogP contribution in [0.15, 0.2) is 18.3 Å². The Morgan fingerprint density at radius 3 is 2.45 bits per heavy atom. The van der Waals surface area contributed by atoms with Gasteiger partial charge in [0.25, 0.3) is 0 Å². The number of nitrogens with one attached hydrogen (secondary N) is 1. The van der Waals surface area contributed by atoms with Gasteiger partial charge in [-0.1, -0.05) is 6.42 Å². The lowest BCUT2D eigenvalue weighted by Gasteiger charge is -2.32. The molecule has 1 saturated carbocycles. The number of carbonyl (C=O) groups excluding carboxylic acids is 1. The summed E-state index contributed by atoms with van der Waals surface area (Å²) in [6.07, 6.45) is 4.77. The van der Waals surface area contributed by atoms with Crippen molar-refractivity contribution in [2.45, 2.75) is 58.2 Å². The van der Waals surface area contributed by atoms with E-state index in [0.29, 0.717) is 5.82 Å². The molecule has 1 aliphatic heterocycles. The Kier molecular flexibility index (Phi) is 3.77. The zero-order valence-corrected chi connectivity index (χ0v) is 13.7. The normalized spacial score (nSPS) is 23.2. The third kappa shape index (κ3) is 2.77. The molecule has 0 atom stereocenters. The average molecular weight is 302 g/mol. The van der Waals surface area contributed by atoms with Crippen LogP contribution in [0, 0.1) is 5.92 Å². The minimum Gasteiger partial charge on any atom is -0.399 e. The monoisotopic (exact) mass is 302 g/mol. The molecular formula is C16H23BN2O3. The first-order chi connectivity index (χ1) is 10.3. The second-order valence-corrected chi connectivity index (χ2v) is 7.18. The van der Waals surface area contributed by atoms with E-state index in [0.717, 1.165) is 24.7 Å². The molecule has 1 amide bonds. The molecule has 2 aliphatic rings. The number of amides is 1. The summed E-state index contributed by atoms with van der Waals surface area (Å²) in [6, 6.07) is 3.69. The van der Waals surface area contributed by atoms with Crippen molar-refractivity contribution in [3.05, 3.63) is 18.3 Å². The minimum atomic E-state index is -0.438. The summed E-state index contributed by atoms with van der Waals surface area (Å²) in [7, 11) is -0.438. The fraction of sp³-hybridized carbons (Fsp3) is 0.625. The van der Waals surface area contributed by atoms with Crippen LogP contribution in [0.25, 0.3) is 0 Å². The van der Waals surface area contributed by atoms with E-state index in [1.54, 1.807) is 6.20 Å². The molecule has 118 valence electrons. The number of pyridine rings is 1. The molecule has 3 rings (SSSR count). The zero-order chi connectivity index (χ0) is 16.0. The first-order valence-electron chi connectivity index (χ1n) is 7.91. The van der Waals surface area contributed by atoms with Gasteiger partial charge in [0.2, 0.25) is 5.91 Å². The fourth-order valence-corrected chi connectivity index (χ4v) is 2.54. The van der Waals surface area contributed by atoms with Gasteiger partial charge in [-0.05, 0) is 58.1 Å². The summed E-state index contributed by atoms with van der Waals surface area (Å²) in [4.78, 5) is 16.2. The largest absolute Gasteiger partial charge is 0.495 e. The van der Waals surface area contributed by atoms with Crippen LogP contribution in [-0.4, -0.2) is 29.2 Å². The van der Waals surface area contributed by atoms with Crippen LogP contribution in [0.3, 0.4) is 0 Å². The smallest absolute Gasteiger partial charge is 0.399 e. The highest BCUT2D eigenvalue weighted by Gasteiger charge is 2.51. The van der Waals surface area contributed by atoms with Crippen LogP contribution in [-0.2, 0) is 14.1 Å². The highest BCUT2D eigenvalue weighted by atomic mass is 16.7. The van der Waals surface area contributed by atoms with Crippen molar-refractivity contribution < 1.29 is 14.1 Å². The molecule has 6 heteroatoms. The summed E-state index contributed by atoms with van der Waals surface area (Å²) in [6.45, 7) is 8.09. The number of anilines is 1. The van der Waals surface area contributed by atoms with Crippen LogP contribution < -0.4 is 10.8 Å². The maximum absolute atomic E-state index is 12.0. The number of carbonyl (C=O) groups is 1. The highest BCUT2D eigenvalue weighted by molar-refractivity contribution is 6.62. The van der Waals surface area contributed by atoms with Gasteiger partial charge in [-0.15, -0.1) is 0 Å². The van der Waals surface area contributed by atoms with Gasteiger partial charge in [0, 0.05) is 12.1 Å². The van der Waals surface area contributed by atoms with Crippen molar-refractivity contribution in [3.8, 4) is 0 Å². The van der Waals surface area contributed by atoms with Gasteiger partial charge < -0.3 is 14.6 Å². The molecule has 22 heavy (non-hydrogen) atoms. The number of hydrogen-bond donors (Lipinski definition) is 1. The third-order valence-corrected chi connectivity index (χ3v) is 5.04. The van der Waals surface area contributed by atoms with Crippen molar-refractivity contribution in [1.82, 2.24) is 4.98 Å². The molecule has 2 heterocycles. The van der Waals surface area contributed by atoms with Crippen LogP contribution in [0.4, 0.5) is 5.82 Å². The van der Waals surface area contributed by atoms with Crippen molar-refractivity contribution >= 4 is 24.3 Å².